The number of nitrogen functional groups attached to an aromatic ring is 1. The van der Waals surface area contributed by atoms with Crippen molar-refractivity contribution in [2.45, 2.75) is 76.8 Å². The van der Waals surface area contributed by atoms with Crippen LogP contribution in [0.3, 0.4) is 0 Å². The molecule has 9 atom stereocenters. The summed E-state index contributed by atoms with van der Waals surface area (Å²) >= 11 is 0. The molecule has 1 aromatic carbocycles. The van der Waals surface area contributed by atoms with Crippen LogP contribution in [-0.2, 0) is 32.2 Å². The van der Waals surface area contributed by atoms with Crippen molar-refractivity contribution < 1.29 is 34.4 Å². The van der Waals surface area contributed by atoms with E-state index in [2.05, 4.69) is 6.92 Å². The SMILES string of the molecule is C[C@]12C=CC(=O)C=C1CC[C@@H]1[C@@H]2[C@@H](O)C[C@@]2(C)[C@H]1C[C@H]1O[C@@H](c3ccn(Cc4cc(N)cc(CO)c4)c3)O[C@]12C(=O)CO. The number of aliphatic hydroxyl groups is 3. The van der Waals surface area contributed by atoms with Crippen LogP contribution in [0.5, 0.6) is 0 Å². The van der Waals surface area contributed by atoms with Gasteiger partial charge in [0, 0.05) is 46.9 Å². The van der Waals surface area contributed by atoms with Crippen molar-refractivity contribution in [2.24, 2.45) is 28.6 Å². The molecular weight excluding hydrogens is 548 g/mol. The maximum atomic E-state index is 13.8. The number of rotatable bonds is 6. The highest BCUT2D eigenvalue weighted by Gasteiger charge is 2.75. The number of anilines is 1. The molecule has 4 aliphatic carbocycles. The van der Waals surface area contributed by atoms with E-state index in [4.69, 9.17) is 15.2 Å². The van der Waals surface area contributed by atoms with Gasteiger partial charge in [-0.1, -0.05) is 31.6 Å². The molecule has 1 aliphatic heterocycles. The molecule has 9 heteroatoms. The van der Waals surface area contributed by atoms with Gasteiger partial charge in [0.2, 0.25) is 0 Å². The van der Waals surface area contributed by atoms with E-state index in [-0.39, 0.29) is 30.1 Å². The van der Waals surface area contributed by atoms with Gasteiger partial charge in [-0.2, -0.15) is 0 Å². The van der Waals surface area contributed by atoms with Gasteiger partial charge >= 0.3 is 0 Å². The van der Waals surface area contributed by atoms with Gasteiger partial charge in [-0.05, 0) is 79.0 Å². The molecule has 3 saturated carbocycles. The predicted octanol–water partition coefficient (Wildman–Crippen LogP) is 3.21. The summed E-state index contributed by atoms with van der Waals surface area (Å²) in [6.45, 7) is 3.92. The molecule has 1 saturated heterocycles. The summed E-state index contributed by atoms with van der Waals surface area (Å²) in [5.41, 5.74) is 7.57. The lowest BCUT2D eigenvalue weighted by Gasteiger charge is -2.59. The van der Waals surface area contributed by atoms with Gasteiger partial charge in [-0.3, -0.25) is 9.59 Å². The van der Waals surface area contributed by atoms with E-state index in [0.29, 0.717) is 25.1 Å². The van der Waals surface area contributed by atoms with E-state index in [1.165, 1.54) is 0 Å². The van der Waals surface area contributed by atoms with Crippen molar-refractivity contribution in [3.8, 4) is 0 Å². The van der Waals surface area contributed by atoms with Crippen LogP contribution in [0.1, 0.15) is 62.5 Å². The Bertz CT molecular complexity index is 1540. The Morgan fingerprint density at radius 2 is 1.98 bits per heavy atom. The molecule has 0 bridgehead atoms. The third-order valence-corrected chi connectivity index (χ3v) is 11.5. The van der Waals surface area contributed by atoms with Gasteiger partial charge in [0.05, 0.1) is 18.8 Å². The van der Waals surface area contributed by atoms with Crippen molar-refractivity contribution in [3.05, 3.63) is 77.2 Å². The second-order valence-electron chi connectivity index (χ2n) is 13.7. The lowest BCUT2D eigenvalue weighted by Crippen LogP contribution is -2.63. The highest BCUT2D eigenvalue weighted by atomic mass is 16.7. The molecule has 43 heavy (non-hydrogen) atoms. The van der Waals surface area contributed by atoms with Crippen LogP contribution in [-0.4, -0.2) is 55.9 Å². The number of hydrogen-bond donors (Lipinski definition) is 4. The number of ketones is 2. The number of nitrogens with zero attached hydrogens (tertiary/aromatic N) is 1. The molecule has 0 amide bonds. The molecular formula is C34H40N2O7. The predicted molar refractivity (Wildman–Crippen MR) is 157 cm³/mol. The van der Waals surface area contributed by atoms with Gasteiger partial charge in [-0.25, -0.2) is 0 Å². The number of aliphatic hydroxyl groups excluding tert-OH is 3. The van der Waals surface area contributed by atoms with E-state index in [1.54, 1.807) is 18.2 Å². The number of hydrogen-bond acceptors (Lipinski definition) is 8. The Morgan fingerprint density at radius 1 is 1.19 bits per heavy atom. The van der Waals surface area contributed by atoms with Crippen LogP contribution >= 0.6 is 0 Å². The molecule has 0 spiro atoms. The minimum absolute atomic E-state index is 0.00607. The summed E-state index contributed by atoms with van der Waals surface area (Å²) in [5, 5.41) is 31.6. The minimum atomic E-state index is -1.38. The molecule has 7 rings (SSSR count). The quantitative estimate of drug-likeness (QED) is 0.377. The van der Waals surface area contributed by atoms with Crippen molar-refractivity contribution in [2.75, 3.05) is 12.3 Å². The molecule has 0 unspecified atom stereocenters. The van der Waals surface area contributed by atoms with Gasteiger partial charge in [-0.15, -0.1) is 0 Å². The van der Waals surface area contributed by atoms with E-state index >= 15 is 0 Å². The van der Waals surface area contributed by atoms with Crippen LogP contribution in [0.4, 0.5) is 5.69 Å². The van der Waals surface area contributed by atoms with Crippen LogP contribution in [0.2, 0.25) is 0 Å². The monoisotopic (exact) mass is 588 g/mol. The summed E-state index contributed by atoms with van der Waals surface area (Å²) in [6, 6.07) is 7.43. The molecule has 5 N–H and O–H groups in total. The summed E-state index contributed by atoms with van der Waals surface area (Å²) in [7, 11) is 0. The normalized spacial score (nSPS) is 39.6. The molecule has 228 valence electrons. The Kier molecular flexibility index (Phi) is 6.65. The Balaban J connectivity index is 1.18. The number of benzene rings is 1. The number of aromatic nitrogens is 1. The van der Waals surface area contributed by atoms with Gasteiger partial charge in [0.25, 0.3) is 0 Å². The zero-order chi connectivity index (χ0) is 30.3. The standard InChI is InChI=1S/C34H40N2O7/c1-32-7-5-24(39)12-22(32)3-4-25-26-13-29-34(28(41)18-38,33(26,2)14-27(40)30(25)32)43-31(42-29)21-6-8-36(16-21)15-19-9-20(17-37)11-23(35)10-19/h5-12,16,25-27,29-31,37-38,40H,3-4,13-15,17-18,35H2,1-2H3/t25-,26-,27-,29+,30+,31+,32-,33-,34+/m0/s1. The van der Waals surface area contributed by atoms with Gasteiger partial charge in [0.1, 0.15) is 6.61 Å². The largest absolute Gasteiger partial charge is 0.399 e. The Labute approximate surface area is 251 Å². The highest BCUT2D eigenvalue weighted by molar-refractivity contribution is 6.01. The van der Waals surface area contributed by atoms with Crippen LogP contribution < -0.4 is 5.73 Å². The molecule has 5 aliphatic rings. The molecule has 9 nitrogen and oxygen atoms in total. The third-order valence-electron chi connectivity index (χ3n) is 11.5. The zero-order valence-corrected chi connectivity index (χ0v) is 24.6. The van der Waals surface area contributed by atoms with E-state index in [9.17, 15) is 24.9 Å². The molecule has 4 fully saturated rings. The fourth-order valence-electron chi connectivity index (χ4n) is 9.72. The molecule has 1 aromatic heterocycles. The second-order valence-corrected chi connectivity index (χ2v) is 13.7. The Morgan fingerprint density at radius 3 is 2.74 bits per heavy atom. The molecule has 0 radical (unpaired) electrons. The molecule has 2 aromatic rings. The maximum Gasteiger partial charge on any atom is 0.193 e. The number of carbonyl (C=O) groups is 2. The highest BCUT2D eigenvalue weighted by Crippen LogP contribution is 2.70. The fraction of sp³-hybridized carbons (Fsp3) is 0.529. The van der Waals surface area contributed by atoms with E-state index < -0.39 is 47.3 Å². The number of nitrogens with two attached hydrogens (primary N) is 1. The molecule has 2 heterocycles. The van der Waals surface area contributed by atoms with Crippen LogP contribution in [0, 0.1) is 28.6 Å². The number of Topliss-reactive ketones (excluding diaryl/α,β-unsaturated/α-hetero) is 1. The van der Waals surface area contributed by atoms with E-state index in [0.717, 1.165) is 35.1 Å². The average Bonchev–Trinajstić information content (AvgIpc) is 3.65. The van der Waals surface area contributed by atoms with Gasteiger partial charge in [0.15, 0.2) is 23.5 Å². The smallest absolute Gasteiger partial charge is 0.193 e. The first kappa shape index (κ1) is 28.7. The number of allylic oxidation sites excluding steroid dienone is 4. The average molecular weight is 589 g/mol. The maximum absolute atomic E-state index is 13.8. The lowest BCUT2D eigenvalue weighted by molar-refractivity contribution is -0.201. The summed E-state index contributed by atoms with van der Waals surface area (Å²) in [6.07, 6.45) is 9.60. The summed E-state index contributed by atoms with van der Waals surface area (Å²) in [5.74, 6) is -0.346. The van der Waals surface area contributed by atoms with Crippen LogP contribution in [0.15, 0.2) is 60.5 Å². The fourth-order valence-corrected chi connectivity index (χ4v) is 9.72. The Hall–Kier alpha value is -3.08. The summed E-state index contributed by atoms with van der Waals surface area (Å²) in [4.78, 5) is 25.9. The van der Waals surface area contributed by atoms with Crippen LogP contribution in [0.25, 0.3) is 0 Å². The first-order valence-corrected chi connectivity index (χ1v) is 15.3. The zero-order valence-electron chi connectivity index (χ0n) is 24.6. The van der Waals surface area contributed by atoms with Crippen molar-refractivity contribution in [3.63, 3.8) is 0 Å². The van der Waals surface area contributed by atoms with Crippen molar-refractivity contribution in [1.29, 1.82) is 0 Å². The van der Waals surface area contributed by atoms with E-state index in [1.807, 2.05) is 48.2 Å². The lowest BCUT2D eigenvalue weighted by atomic mass is 9.46. The minimum Gasteiger partial charge on any atom is -0.399 e. The number of fused-ring (bicyclic) bond motifs is 7. The van der Waals surface area contributed by atoms with Crippen molar-refractivity contribution in [1.82, 2.24) is 4.57 Å². The van der Waals surface area contributed by atoms with Crippen molar-refractivity contribution >= 4 is 17.3 Å². The third kappa shape index (κ3) is 4.09. The first-order chi connectivity index (χ1) is 20.5. The summed E-state index contributed by atoms with van der Waals surface area (Å²) < 4.78 is 15.2. The second kappa shape index (κ2) is 9.97. The first-order valence-electron chi connectivity index (χ1n) is 15.3. The number of ether oxygens (including phenoxy) is 2. The number of carbonyl (C=O) groups excluding carboxylic acids is 2. The van der Waals surface area contributed by atoms with Gasteiger partial charge < -0.3 is 35.1 Å². The topological polar surface area (TPSA) is 144 Å².